The van der Waals surface area contributed by atoms with E-state index in [9.17, 15) is 4.39 Å². The molecular weight excluding hydrogens is 330 g/mol. The lowest BCUT2D eigenvalue weighted by Crippen LogP contribution is -2.34. The van der Waals surface area contributed by atoms with Gasteiger partial charge in [0.05, 0.1) is 14.9 Å². The Hall–Kier alpha value is -0.520. The number of anilines is 2. The van der Waals surface area contributed by atoms with Crippen molar-refractivity contribution in [2.45, 2.75) is 26.2 Å². The fraction of sp³-hybridized carbons (Fsp3) is 0.538. The first kappa shape index (κ1) is 12.9. The van der Waals surface area contributed by atoms with E-state index in [-0.39, 0.29) is 5.82 Å². The van der Waals surface area contributed by atoms with E-state index in [1.807, 2.05) is 22.6 Å². The van der Waals surface area contributed by atoms with Gasteiger partial charge in [-0.2, -0.15) is 0 Å². The zero-order valence-electron chi connectivity index (χ0n) is 10.0. The molecular formula is C13H18FIN2. The van der Waals surface area contributed by atoms with Crippen LogP contribution in [0.1, 0.15) is 26.2 Å². The molecule has 94 valence electrons. The molecule has 0 aliphatic carbocycles. The Morgan fingerprint density at radius 3 is 2.65 bits per heavy atom. The summed E-state index contributed by atoms with van der Waals surface area (Å²) >= 11 is 1.97. The second-order valence-corrected chi connectivity index (χ2v) is 5.83. The number of hydrogen-bond donors (Lipinski definition) is 1. The van der Waals surface area contributed by atoms with Crippen molar-refractivity contribution in [1.82, 2.24) is 0 Å². The number of nitrogens with two attached hydrogens (primary N) is 1. The van der Waals surface area contributed by atoms with Crippen molar-refractivity contribution >= 4 is 34.0 Å². The number of rotatable bonds is 2. The summed E-state index contributed by atoms with van der Waals surface area (Å²) in [7, 11) is 0. The predicted octanol–water partition coefficient (Wildman–Crippen LogP) is 3.64. The third-order valence-electron chi connectivity index (χ3n) is 3.60. The van der Waals surface area contributed by atoms with Gasteiger partial charge in [-0.05, 0) is 47.4 Å². The Bertz CT molecular complexity index is 401. The smallest absolute Gasteiger partial charge is 0.138 e. The summed E-state index contributed by atoms with van der Waals surface area (Å²) in [5.74, 6) is 0.647. The van der Waals surface area contributed by atoms with Gasteiger partial charge in [-0.1, -0.05) is 13.3 Å². The van der Waals surface area contributed by atoms with Crippen LogP contribution in [-0.2, 0) is 0 Å². The fourth-order valence-corrected chi connectivity index (χ4v) is 2.90. The van der Waals surface area contributed by atoms with E-state index in [1.165, 1.54) is 19.3 Å². The Morgan fingerprint density at radius 2 is 2.06 bits per heavy atom. The molecule has 0 atom stereocenters. The van der Waals surface area contributed by atoms with Crippen LogP contribution in [0.2, 0.25) is 0 Å². The predicted molar refractivity (Wildman–Crippen MR) is 78.8 cm³/mol. The second kappa shape index (κ2) is 5.42. The van der Waals surface area contributed by atoms with E-state index in [4.69, 9.17) is 5.73 Å². The van der Waals surface area contributed by atoms with Crippen molar-refractivity contribution in [3.8, 4) is 0 Å². The van der Waals surface area contributed by atoms with Gasteiger partial charge in [-0.3, -0.25) is 0 Å². The van der Waals surface area contributed by atoms with Gasteiger partial charge >= 0.3 is 0 Å². The first-order chi connectivity index (χ1) is 8.11. The molecule has 1 heterocycles. The molecule has 0 unspecified atom stereocenters. The molecule has 17 heavy (non-hydrogen) atoms. The summed E-state index contributed by atoms with van der Waals surface area (Å²) in [5, 5.41) is 0. The van der Waals surface area contributed by atoms with Crippen LogP contribution in [0, 0.1) is 15.3 Å². The van der Waals surface area contributed by atoms with Crippen molar-refractivity contribution in [1.29, 1.82) is 0 Å². The van der Waals surface area contributed by atoms with Crippen LogP contribution in [0.25, 0.3) is 0 Å². The van der Waals surface area contributed by atoms with Crippen LogP contribution in [0.4, 0.5) is 15.8 Å². The highest BCUT2D eigenvalue weighted by Gasteiger charge is 2.20. The molecule has 4 heteroatoms. The molecule has 1 aliphatic rings. The summed E-state index contributed by atoms with van der Waals surface area (Å²) < 4.78 is 14.2. The Morgan fingerprint density at radius 1 is 1.41 bits per heavy atom. The zero-order chi connectivity index (χ0) is 12.4. The molecule has 0 radical (unpaired) electrons. The summed E-state index contributed by atoms with van der Waals surface area (Å²) in [4.78, 5) is 2.21. The Labute approximate surface area is 116 Å². The Balaban J connectivity index is 2.16. The van der Waals surface area contributed by atoms with E-state index >= 15 is 0 Å². The molecule has 1 aromatic rings. The highest BCUT2D eigenvalue weighted by molar-refractivity contribution is 14.1. The number of nitrogens with zero attached hydrogens (tertiary/aromatic N) is 1. The number of hydrogen-bond acceptors (Lipinski definition) is 2. The number of benzene rings is 1. The van der Waals surface area contributed by atoms with Crippen LogP contribution < -0.4 is 10.6 Å². The van der Waals surface area contributed by atoms with Crippen molar-refractivity contribution in [2.75, 3.05) is 23.7 Å². The fourth-order valence-electron chi connectivity index (χ4n) is 2.41. The molecule has 2 N–H and O–H groups in total. The van der Waals surface area contributed by atoms with Gasteiger partial charge in [0.1, 0.15) is 5.82 Å². The van der Waals surface area contributed by atoms with E-state index in [0.29, 0.717) is 9.26 Å². The van der Waals surface area contributed by atoms with Gasteiger partial charge in [-0.25, -0.2) is 4.39 Å². The second-order valence-electron chi connectivity index (χ2n) is 4.66. The lowest BCUT2D eigenvalue weighted by atomic mass is 9.94. The molecule has 0 saturated carbocycles. The quantitative estimate of drug-likeness (QED) is 0.653. The maximum absolute atomic E-state index is 13.6. The van der Waals surface area contributed by atoms with Crippen LogP contribution in [-0.4, -0.2) is 13.1 Å². The standard InChI is InChI=1S/C13H18FIN2/c1-2-9-3-5-17(6-4-9)13-7-10(14)11(15)8-12(13)16/h7-9H,2-6,16H2,1H3. The summed E-state index contributed by atoms with van der Waals surface area (Å²) in [6, 6.07) is 3.29. The van der Waals surface area contributed by atoms with Crippen LogP contribution in [0.3, 0.4) is 0 Å². The molecule has 0 bridgehead atoms. The highest BCUT2D eigenvalue weighted by atomic mass is 127. The number of halogens is 2. The molecule has 0 spiro atoms. The largest absolute Gasteiger partial charge is 0.397 e. The minimum absolute atomic E-state index is 0.174. The molecule has 0 aromatic heterocycles. The lowest BCUT2D eigenvalue weighted by Gasteiger charge is -2.34. The number of piperidine rings is 1. The summed E-state index contributed by atoms with van der Waals surface area (Å²) in [6.45, 7) is 4.21. The van der Waals surface area contributed by atoms with Crippen LogP contribution in [0.5, 0.6) is 0 Å². The average molecular weight is 348 g/mol. The van der Waals surface area contributed by atoms with Crippen molar-refractivity contribution in [3.05, 3.63) is 21.5 Å². The van der Waals surface area contributed by atoms with Gasteiger partial charge in [0.25, 0.3) is 0 Å². The third-order valence-corrected chi connectivity index (χ3v) is 4.43. The maximum Gasteiger partial charge on any atom is 0.138 e. The minimum atomic E-state index is -0.174. The Kier molecular flexibility index (Phi) is 4.12. The summed E-state index contributed by atoms with van der Waals surface area (Å²) in [6.07, 6.45) is 3.61. The maximum atomic E-state index is 13.6. The van der Waals surface area contributed by atoms with E-state index in [2.05, 4.69) is 11.8 Å². The monoisotopic (exact) mass is 348 g/mol. The van der Waals surface area contributed by atoms with Crippen molar-refractivity contribution in [3.63, 3.8) is 0 Å². The van der Waals surface area contributed by atoms with Gasteiger partial charge in [0.2, 0.25) is 0 Å². The van der Waals surface area contributed by atoms with Crippen molar-refractivity contribution in [2.24, 2.45) is 5.92 Å². The van der Waals surface area contributed by atoms with Crippen LogP contribution >= 0.6 is 22.6 Å². The molecule has 0 amide bonds. The molecule has 1 aromatic carbocycles. The van der Waals surface area contributed by atoms with E-state index in [0.717, 1.165) is 24.7 Å². The van der Waals surface area contributed by atoms with Crippen LogP contribution in [0.15, 0.2) is 12.1 Å². The molecule has 1 aliphatic heterocycles. The number of nitrogen functional groups attached to an aromatic ring is 1. The third kappa shape index (κ3) is 2.84. The molecule has 1 fully saturated rings. The van der Waals surface area contributed by atoms with Gasteiger partial charge in [0.15, 0.2) is 0 Å². The normalized spacial score (nSPS) is 17.5. The topological polar surface area (TPSA) is 29.3 Å². The SMILES string of the molecule is CCC1CCN(c2cc(F)c(I)cc2N)CC1. The van der Waals surface area contributed by atoms with Crippen molar-refractivity contribution < 1.29 is 4.39 Å². The van der Waals surface area contributed by atoms with Gasteiger partial charge < -0.3 is 10.6 Å². The zero-order valence-corrected chi connectivity index (χ0v) is 12.2. The first-order valence-electron chi connectivity index (χ1n) is 6.11. The van der Waals surface area contributed by atoms with Gasteiger partial charge in [0, 0.05) is 19.2 Å². The molecule has 2 nitrogen and oxygen atoms in total. The first-order valence-corrected chi connectivity index (χ1v) is 7.19. The molecule has 1 saturated heterocycles. The average Bonchev–Trinajstić information content (AvgIpc) is 2.34. The molecule has 2 rings (SSSR count). The van der Waals surface area contributed by atoms with E-state index in [1.54, 1.807) is 12.1 Å². The highest BCUT2D eigenvalue weighted by Crippen LogP contribution is 2.31. The lowest BCUT2D eigenvalue weighted by molar-refractivity contribution is 0.395. The van der Waals surface area contributed by atoms with E-state index < -0.39 is 0 Å². The summed E-state index contributed by atoms with van der Waals surface area (Å²) in [5.41, 5.74) is 7.52. The van der Waals surface area contributed by atoms with Gasteiger partial charge in [-0.15, -0.1) is 0 Å². The minimum Gasteiger partial charge on any atom is -0.397 e.